The SMILES string of the molecule is CC1(C)CC(c2ccc(Cl)cc2)=C2CN3CCN(c4ccc(C(=O)NS(=O)(=O)c5ccc(NC[C@H]6CC[C@H](N7CCOCC7)CO6)c([N+](=O)[O-])c5)c(N5CCCOc6nc7[nH]ccc7cc65)c4)C[C@H]3COCCCO[C@@H]2C1. The first-order chi connectivity index (χ1) is 37.2. The molecule has 1 aliphatic carbocycles. The van der Waals surface area contributed by atoms with Gasteiger partial charge in [0, 0.05) is 100.0 Å². The molecule has 0 spiro atoms. The molecule has 4 fully saturated rings. The van der Waals surface area contributed by atoms with Crippen LogP contribution in [0, 0.1) is 15.5 Å². The lowest BCUT2D eigenvalue weighted by molar-refractivity contribution is -0.384. The van der Waals surface area contributed by atoms with E-state index >= 15 is 0 Å². The average molecular weight is 1090 g/mol. The number of carbonyl (C=O) groups is 1. The molecule has 410 valence electrons. The predicted octanol–water partition coefficient (Wildman–Crippen LogP) is 8.03. The summed E-state index contributed by atoms with van der Waals surface area (Å²) in [6.07, 6.45) is 6.46. The van der Waals surface area contributed by atoms with E-state index in [9.17, 15) is 23.3 Å². The molecule has 5 aliphatic heterocycles. The summed E-state index contributed by atoms with van der Waals surface area (Å²) in [4.78, 5) is 43.2. The standard InChI is InChI=1S/C56H68ClN9O10S/c1-56(2)30-46(37-5-7-39(57)8-6-37)47-34-64-19-18-63(33-42(64)35-73-22-4-24-74-52(47)31-56)40-10-13-45(49(28-40)65-17-3-23-75-55-51(65)27-38-15-16-58-53(38)60-55)54(67)61-77(70,71)44-12-14-48(50(29-44)66(68)69)59-32-43-11-9-41(36-76-43)62-20-25-72-26-21-62/h5-8,10,12-16,27-29,41-43,52,59H,3-4,9,11,17-26,30-36H2,1-2H3,(H,58,60)(H,61,67)/t41-,42-,43+,52+/m0/s1. The lowest BCUT2D eigenvalue weighted by Gasteiger charge is -2.45. The highest BCUT2D eigenvalue weighted by atomic mass is 35.5. The molecule has 77 heavy (non-hydrogen) atoms. The molecule has 3 aromatic carbocycles. The van der Waals surface area contributed by atoms with Crippen LogP contribution in [0.1, 0.15) is 68.3 Å². The summed E-state index contributed by atoms with van der Waals surface area (Å²) in [5, 5.41) is 17.1. The van der Waals surface area contributed by atoms with Gasteiger partial charge in [0.25, 0.3) is 21.6 Å². The van der Waals surface area contributed by atoms with E-state index in [1.165, 1.54) is 23.3 Å². The number of aromatic amines is 1. The van der Waals surface area contributed by atoms with Crippen molar-refractivity contribution < 1.29 is 41.8 Å². The average Bonchev–Trinajstić information content (AvgIpc) is 3.86. The highest BCUT2D eigenvalue weighted by molar-refractivity contribution is 7.90. The lowest BCUT2D eigenvalue weighted by atomic mass is 9.71. The van der Waals surface area contributed by atoms with Gasteiger partial charge < -0.3 is 43.8 Å². The van der Waals surface area contributed by atoms with Gasteiger partial charge in [0.15, 0.2) is 0 Å². The van der Waals surface area contributed by atoms with E-state index < -0.39 is 31.4 Å². The van der Waals surface area contributed by atoms with Crippen molar-refractivity contribution in [2.45, 2.75) is 81.6 Å². The van der Waals surface area contributed by atoms with E-state index in [2.05, 4.69) is 55.7 Å². The molecule has 4 atom stereocenters. The maximum absolute atomic E-state index is 14.7. The number of nitrogens with zero attached hydrogens (tertiary/aromatic N) is 6. The van der Waals surface area contributed by atoms with Crippen LogP contribution in [0.2, 0.25) is 5.02 Å². The van der Waals surface area contributed by atoms with Crippen molar-refractivity contribution in [3.63, 3.8) is 0 Å². The van der Waals surface area contributed by atoms with Gasteiger partial charge in [-0.3, -0.25) is 24.7 Å². The van der Waals surface area contributed by atoms with Crippen LogP contribution in [0.15, 0.2) is 89.5 Å². The van der Waals surface area contributed by atoms with Crippen LogP contribution < -0.4 is 24.6 Å². The molecular weight excluding hydrogens is 1030 g/mol. The van der Waals surface area contributed by atoms with Gasteiger partial charge in [0.1, 0.15) is 17.0 Å². The van der Waals surface area contributed by atoms with Crippen molar-refractivity contribution in [1.82, 2.24) is 24.5 Å². The number of anilines is 4. The number of hydrogen-bond acceptors (Lipinski definition) is 16. The first kappa shape index (κ1) is 53.2. The van der Waals surface area contributed by atoms with Crippen LogP contribution in [0.4, 0.5) is 28.4 Å². The zero-order valence-corrected chi connectivity index (χ0v) is 45.3. The monoisotopic (exact) mass is 1090 g/mol. The number of benzene rings is 3. The number of carbonyl (C=O) groups excluding carboxylic acids is 1. The number of H-pyrrole nitrogens is 1. The van der Waals surface area contributed by atoms with Gasteiger partial charge in [-0.25, -0.2) is 13.1 Å². The van der Waals surface area contributed by atoms with Crippen molar-refractivity contribution in [3.05, 3.63) is 111 Å². The molecule has 5 aromatic rings. The Morgan fingerprint density at radius 1 is 0.870 bits per heavy atom. The third-order valence-electron chi connectivity index (χ3n) is 16.0. The van der Waals surface area contributed by atoms with Crippen LogP contribution in [0.5, 0.6) is 5.88 Å². The molecule has 2 aromatic heterocycles. The van der Waals surface area contributed by atoms with Gasteiger partial charge in [0.2, 0.25) is 5.88 Å². The Balaban J connectivity index is 0.866. The van der Waals surface area contributed by atoms with Gasteiger partial charge >= 0.3 is 0 Å². The largest absolute Gasteiger partial charge is 0.476 e. The molecule has 4 saturated heterocycles. The molecule has 3 N–H and O–H groups in total. The molecule has 6 aliphatic rings. The topological polar surface area (TPSA) is 206 Å². The van der Waals surface area contributed by atoms with Gasteiger partial charge in [-0.05, 0) is 115 Å². The van der Waals surface area contributed by atoms with Crippen LogP contribution in [0.25, 0.3) is 16.6 Å². The van der Waals surface area contributed by atoms with Crippen molar-refractivity contribution >= 4 is 72.6 Å². The van der Waals surface area contributed by atoms with Gasteiger partial charge in [0.05, 0.1) is 72.4 Å². The zero-order valence-electron chi connectivity index (χ0n) is 43.7. The highest BCUT2D eigenvalue weighted by Crippen LogP contribution is 2.46. The molecule has 0 saturated carbocycles. The van der Waals surface area contributed by atoms with E-state index in [0.717, 1.165) is 81.0 Å². The molecule has 0 radical (unpaired) electrons. The maximum Gasteiger partial charge on any atom is 0.293 e. The van der Waals surface area contributed by atoms with Crippen molar-refractivity contribution in [2.75, 3.05) is 114 Å². The van der Waals surface area contributed by atoms with E-state index in [1.54, 1.807) is 12.3 Å². The first-order valence-corrected chi connectivity index (χ1v) is 28.8. The summed E-state index contributed by atoms with van der Waals surface area (Å²) in [7, 11) is -4.64. The van der Waals surface area contributed by atoms with Gasteiger partial charge in [-0.15, -0.1) is 0 Å². The minimum absolute atomic E-state index is 0.00549. The smallest absolute Gasteiger partial charge is 0.293 e. The summed E-state index contributed by atoms with van der Waals surface area (Å²) in [5.41, 5.74) is 6.16. The molecule has 19 nitrogen and oxygen atoms in total. The molecule has 21 heteroatoms. The number of nitrogens with one attached hydrogen (secondary N) is 3. The number of fused-ring (bicyclic) bond motifs is 4. The Bertz CT molecular complexity index is 3110. The number of piperazine rings is 1. The number of rotatable bonds is 11. The number of nitro benzene ring substituents is 1. The number of aromatic nitrogens is 2. The van der Waals surface area contributed by atoms with E-state index in [4.69, 9.17) is 40.3 Å². The second kappa shape index (κ2) is 22.9. The lowest BCUT2D eigenvalue weighted by Crippen LogP contribution is -2.56. The number of sulfonamides is 1. The third kappa shape index (κ3) is 11.9. The number of halogens is 1. The summed E-state index contributed by atoms with van der Waals surface area (Å²) in [5.74, 6) is -0.527. The summed E-state index contributed by atoms with van der Waals surface area (Å²) in [6, 6.07) is 21.4. The fraction of sp³-hybridized carbons (Fsp3) is 0.500. The van der Waals surface area contributed by atoms with Gasteiger partial charge in [-0.1, -0.05) is 37.6 Å². The predicted molar refractivity (Wildman–Crippen MR) is 295 cm³/mol. The number of hydrogen-bond donors (Lipinski definition) is 3. The van der Waals surface area contributed by atoms with Crippen LogP contribution in [0.3, 0.4) is 0 Å². The zero-order chi connectivity index (χ0) is 53.3. The third-order valence-corrected chi connectivity index (χ3v) is 17.5. The molecule has 0 bridgehead atoms. The molecule has 7 heterocycles. The summed E-state index contributed by atoms with van der Waals surface area (Å²) < 4.78 is 61.7. The highest BCUT2D eigenvalue weighted by Gasteiger charge is 2.39. The van der Waals surface area contributed by atoms with E-state index in [1.807, 2.05) is 41.3 Å². The minimum atomic E-state index is -4.64. The molecule has 0 unspecified atom stereocenters. The fourth-order valence-electron chi connectivity index (χ4n) is 11.9. The van der Waals surface area contributed by atoms with Crippen molar-refractivity contribution in [3.8, 4) is 5.88 Å². The Hall–Kier alpha value is -5.84. The maximum atomic E-state index is 14.7. The number of amides is 1. The normalized spacial score (nSPS) is 23.9. The van der Waals surface area contributed by atoms with Crippen LogP contribution in [-0.2, 0) is 29.0 Å². The van der Waals surface area contributed by atoms with Crippen molar-refractivity contribution in [1.29, 1.82) is 0 Å². The summed E-state index contributed by atoms with van der Waals surface area (Å²) in [6.45, 7) is 13.8. The quantitative estimate of drug-likeness (QED) is 0.0846. The minimum Gasteiger partial charge on any atom is -0.476 e. The Morgan fingerprint density at radius 3 is 2.52 bits per heavy atom. The fourth-order valence-corrected chi connectivity index (χ4v) is 13.0. The number of pyridine rings is 1. The number of ether oxygens (including phenoxy) is 5. The Morgan fingerprint density at radius 2 is 1.71 bits per heavy atom. The molecule has 11 rings (SSSR count). The Kier molecular flexibility index (Phi) is 15.8. The second-order valence-corrected chi connectivity index (χ2v) is 23.9. The summed E-state index contributed by atoms with van der Waals surface area (Å²) >= 11 is 6.39. The van der Waals surface area contributed by atoms with E-state index in [-0.39, 0.29) is 34.9 Å². The van der Waals surface area contributed by atoms with Crippen LogP contribution >= 0.6 is 11.6 Å². The number of allylic oxidation sites excluding steroid dienone is 1. The molecular formula is C56H68ClN9O10S. The first-order valence-electron chi connectivity index (χ1n) is 27.0. The van der Waals surface area contributed by atoms with Crippen LogP contribution in [-0.4, -0.2) is 162 Å². The Labute approximate surface area is 454 Å². The molecule has 1 amide bonds. The van der Waals surface area contributed by atoms with Crippen molar-refractivity contribution in [2.24, 2.45) is 5.41 Å². The number of nitro groups is 1. The second-order valence-electron chi connectivity index (χ2n) is 21.8. The van der Waals surface area contributed by atoms with E-state index in [0.29, 0.717) is 113 Å². The number of morpholine rings is 1. The van der Waals surface area contributed by atoms with Gasteiger partial charge in [-0.2, -0.15) is 4.98 Å².